The molecule has 0 radical (unpaired) electrons. The SMILES string of the molecule is C=CCCC(C)(C)CC.C=CCCC(C)Oc1c(Br)cc(C(C)(C)c2cc(Br)c(O)c(Br)c2)cc1Br.CCC(C)C(C)CCC(C)Oc1c(Br)cc(C(C)(C)c2cc(Br)c(O)c(Br)c2)cc1Br. The minimum absolute atomic E-state index is 0.0958. The number of halogens is 8. The predicted molar refractivity (Wildman–Crippen MR) is 316 cm³/mol. The standard InChI is InChI=1S/C25H32Br4O2.C21H22Br4O2.C9H18/c1-7-14(2)15(3)8-9-16(4)31-24-21(28)12-18(13-22(24)29)25(5,6)17-10-19(26)23(30)20(27)11-17;1-5-6-7-12(2)27-20-17(24)10-14(11-18(20)25)21(3,4)13-8-15(22)19(26)16(23)9-13;1-5-7-8-9(3,4)6-2/h10-16,30H,7-9H2,1-6H3;5,8-12,26H,1,6-7H2,2-4H3;5H,1,6-8H2,2-4H3. The lowest BCUT2D eigenvalue weighted by atomic mass is 9.78. The van der Waals surface area contributed by atoms with Crippen molar-refractivity contribution < 1.29 is 19.7 Å². The van der Waals surface area contributed by atoms with E-state index in [1.54, 1.807) is 0 Å². The molecule has 0 aliphatic carbocycles. The van der Waals surface area contributed by atoms with Crippen molar-refractivity contribution in [2.24, 2.45) is 17.3 Å². The van der Waals surface area contributed by atoms with E-state index in [0.717, 1.165) is 83.2 Å². The lowest BCUT2D eigenvalue weighted by Gasteiger charge is -2.28. The van der Waals surface area contributed by atoms with Gasteiger partial charge >= 0.3 is 0 Å². The van der Waals surface area contributed by atoms with Crippen LogP contribution >= 0.6 is 127 Å². The van der Waals surface area contributed by atoms with Crippen molar-refractivity contribution in [2.75, 3.05) is 0 Å². The maximum Gasteiger partial charge on any atom is 0.148 e. The fraction of sp³-hybridized carbons (Fsp3) is 0.491. The molecule has 0 amide bonds. The predicted octanol–water partition coefficient (Wildman–Crippen LogP) is 21.9. The molecule has 0 bridgehead atoms. The molecule has 372 valence electrons. The zero-order valence-corrected chi connectivity index (χ0v) is 54.1. The fourth-order valence-electron chi connectivity index (χ4n) is 6.98. The molecule has 0 heterocycles. The molecule has 4 rings (SSSR count). The summed E-state index contributed by atoms with van der Waals surface area (Å²) in [4.78, 5) is 0. The van der Waals surface area contributed by atoms with Gasteiger partial charge < -0.3 is 19.7 Å². The van der Waals surface area contributed by atoms with E-state index < -0.39 is 0 Å². The Bertz CT molecular complexity index is 2160. The summed E-state index contributed by atoms with van der Waals surface area (Å²) in [6.07, 6.45) is 13.1. The van der Waals surface area contributed by atoms with Crippen molar-refractivity contribution in [2.45, 2.75) is 157 Å². The maximum absolute atomic E-state index is 10.1. The molecule has 4 aromatic rings. The second kappa shape index (κ2) is 28.6. The molecule has 0 aromatic heterocycles. The summed E-state index contributed by atoms with van der Waals surface area (Å²) in [5.74, 6) is 3.51. The number of phenolic OH excluding ortho intramolecular Hbond substituents is 2. The average molecular weight is 1440 g/mol. The van der Waals surface area contributed by atoms with Gasteiger partial charge in [-0.25, -0.2) is 0 Å². The molecule has 2 N–H and O–H groups in total. The van der Waals surface area contributed by atoms with Gasteiger partial charge in [-0.1, -0.05) is 94.2 Å². The molecular formula is C55H72Br8O4. The highest BCUT2D eigenvalue weighted by molar-refractivity contribution is 9.12. The zero-order valence-electron chi connectivity index (χ0n) is 41.4. The molecule has 4 unspecified atom stereocenters. The first-order valence-electron chi connectivity index (χ1n) is 23.0. The van der Waals surface area contributed by atoms with Crippen molar-refractivity contribution in [1.29, 1.82) is 0 Å². The van der Waals surface area contributed by atoms with Crippen molar-refractivity contribution in [3.8, 4) is 23.0 Å². The highest BCUT2D eigenvalue weighted by Gasteiger charge is 2.29. The van der Waals surface area contributed by atoms with E-state index in [0.29, 0.717) is 29.2 Å². The van der Waals surface area contributed by atoms with Crippen molar-refractivity contribution in [3.63, 3.8) is 0 Å². The molecule has 67 heavy (non-hydrogen) atoms. The van der Waals surface area contributed by atoms with Gasteiger partial charge in [-0.15, -0.1) is 13.2 Å². The third kappa shape index (κ3) is 18.8. The molecule has 4 aromatic carbocycles. The smallest absolute Gasteiger partial charge is 0.148 e. The molecule has 0 fully saturated rings. The number of benzene rings is 4. The first kappa shape index (κ1) is 62.5. The van der Waals surface area contributed by atoms with E-state index in [4.69, 9.17) is 9.47 Å². The van der Waals surface area contributed by atoms with Crippen LogP contribution in [0.2, 0.25) is 0 Å². The Labute approximate surface area is 471 Å². The Hall–Kier alpha value is -0.600. The van der Waals surface area contributed by atoms with Crippen LogP contribution in [0.4, 0.5) is 0 Å². The number of phenols is 2. The van der Waals surface area contributed by atoms with Gasteiger partial charge in [0.15, 0.2) is 0 Å². The first-order valence-corrected chi connectivity index (χ1v) is 29.3. The lowest BCUT2D eigenvalue weighted by molar-refractivity contribution is 0.189. The fourth-order valence-corrected chi connectivity index (χ4v) is 12.1. The van der Waals surface area contributed by atoms with Gasteiger partial charge in [0, 0.05) is 10.8 Å². The summed E-state index contributed by atoms with van der Waals surface area (Å²) >= 11 is 28.5. The van der Waals surface area contributed by atoms with E-state index in [1.807, 2.05) is 36.4 Å². The van der Waals surface area contributed by atoms with Crippen molar-refractivity contribution >= 4 is 127 Å². The molecule has 4 nitrogen and oxygen atoms in total. The molecule has 4 atom stereocenters. The van der Waals surface area contributed by atoms with Gasteiger partial charge in [0.25, 0.3) is 0 Å². The number of hydrogen-bond acceptors (Lipinski definition) is 4. The quantitative estimate of drug-likeness (QED) is 0.0866. The monoisotopic (exact) mass is 1430 g/mol. The van der Waals surface area contributed by atoms with Crippen LogP contribution in [0.5, 0.6) is 23.0 Å². The lowest BCUT2D eigenvalue weighted by Crippen LogP contribution is -2.20. The topological polar surface area (TPSA) is 58.9 Å². The van der Waals surface area contributed by atoms with E-state index in [-0.39, 0.29) is 34.5 Å². The summed E-state index contributed by atoms with van der Waals surface area (Å²) in [6.45, 7) is 34.1. The van der Waals surface area contributed by atoms with Gasteiger partial charge in [-0.2, -0.15) is 0 Å². The minimum atomic E-state index is -0.281. The summed E-state index contributed by atoms with van der Waals surface area (Å²) < 4.78 is 18.8. The van der Waals surface area contributed by atoms with Crippen LogP contribution < -0.4 is 9.47 Å². The Balaban J connectivity index is 0.000000391. The molecule has 0 aliphatic heterocycles. The van der Waals surface area contributed by atoms with Crippen LogP contribution in [-0.2, 0) is 10.8 Å². The highest BCUT2D eigenvalue weighted by Crippen LogP contribution is 2.46. The number of allylic oxidation sites excluding steroid dienone is 2. The summed E-state index contributed by atoms with van der Waals surface area (Å²) in [6, 6.07) is 16.3. The van der Waals surface area contributed by atoms with Gasteiger partial charge in [-0.05, 0) is 268 Å². The van der Waals surface area contributed by atoms with E-state index >= 15 is 0 Å². The van der Waals surface area contributed by atoms with Crippen LogP contribution in [0.15, 0.2) is 110 Å². The third-order valence-electron chi connectivity index (χ3n) is 13.0. The van der Waals surface area contributed by atoms with Crippen LogP contribution in [0, 0.1) is 17.3 Å². The van der Waals surface area contributed by atoms with Gasteiger partial charge in [0.05, 0.1) is 48.0 Å². The largest absolute Gasteiger partial charge is 0.506 e. The summed E-state index contributed by atoms with van der Waals surface area (Å²) in [5.41, 5.74) is 4.39. The normalized spacial score (nSPS) is 13.6. The molecule has 0 aliphatic rings. The van der Waals surface area contributed by atoms with E-state index in [1.165, 1.54) is 25.7 Å². The van der Waals surface area contributed by atoms with Crippen molar-refractivity contribution in [3.05, 3.63) is 132 Å². The minimum Gasteiger partial charge on any atom is -0.506 e. The van der Waals surface area contributed by atoms with Crippen molar-refractivity contribution in [1.82, 2.24) is 0 Å². The van der Waals surface area contributed by atoms with Gasteiger partial charge in [0.2, 0.25) is 0 Å². The summed E-state index contributed by atoms with van der Waals surface area (Å²) in [7, 11) is 0. The van der Waals surface area contributed by atoms with E-state index in [9.17, 15) is 10.2 Å². The van der Waals surface area contributed by atoms with Gasteiger partial charge in [0.1, 0.15) is 23.0 Å². The highest BCUT2D eigenvalue weighted by atomic mass is 79.9. The molecule has 12 heteroatoms. The Morgan fingerprint density at radius 3 is 1.10 bits per heavy atom. The second-order valence-electron chi connectivity index (χ2n) is 19.4. The maximum atomic E-state index is 10.1. The van der Waals surface area contributed by atoms with Gasteiger partial charge in [-0.3, -0.25) is 0 Å². The number of rotatable bonds is 20. The average Bonchev–Trinajstić information content (AvgIpc) is 3.27. The number of aromatic hydroxyl groups is 2. The number of ether oxygens (including phenoxy) is 2. The number of hydrogen-bond donors (Lipinski definition) is 2. The molecule has 0 spiro atoms. The van der Waals surface area contributed by atoms with Crippen LogP contribution in [0.3, 0.4) is 0 Å². The molecular weight excluding hydrogens is 1360 g/mol. The Morgan fingerprint density at radius 2 is 0.806 bits per heavy atom. The molecule has 0 saturated heterocycles. The van der Waals surface area contributed by atoms with Crippen LogP contribution in [0.25, 0.3) is 0 Å². The Morgan fingerprint density at radius 1 is 0.493 bits per heavy atom. The van der Waals surface area contributed by atoms with E-state index in [2.05, 4.69) is 248 Å². The van der Waals surface area contributed by atoms with Crippen LogP contribution in [-0.4, -0.2) is 22.4 Å². The van der Waals surface area contributed by atoms with Crippen LogP contribution in [0.1, 0.15) is 157 Å². The zero-order chi connectivity index (χ0) is 51.2. The molecule has 0 saturated carbocycles. The third-order valence-corrected chi connectivity index (χ3v) is 17.7. The Kier molecular flexibility index (Phi) is 26.7. The second-order valence-corrected chi connectivity index (χ2v) is 26.2. The summed E-state index contributed by atoms with van der Waals surface area (Å²) in [5, 5.41) is 20.1. The first-order chi connectivity index (χ1) is 31.1.